The number of nitrogens with zero attached hydrogens (tertiary/aromatic N) is 1. The van der Waals surface area contributed by atoms with Crippen LogP contribution in [-0.4, -0.2) is 19.0 Å². The molecule has 0 bridgehead atoms. The molecule has 132 valence electrons. The van der Waals surface area contributed by atoms with Gasteiger partial charge in [0.25, 0.3) is 5.91 Å². The van der Waals surface area contributed by atoms with Gasteiger partial charge in [-0.1, -0.05) is 34.1 Å². The van der Waals surface area contributed by atoms with Crippen LogP contribution in [0.4, 0.5) is 10.1 Å². The van der Waals surface area contributed by atoms with Gasteiger partial charge in [0.1, 0.15) is 5.82 Å². The van der Waals surface area contributed by atoms with Crippen LogP contribution in [0.1, 0.15) is 12.5 Å². The maximum atomic E-state index is 13.5. The van der Waals surface area contributed by atoms with Gasteiger partial charge in [0.2, 0.25) is 0 Å². The predicted octanol–water partition coefficient (Wildman–Crippen LogP) is 4.47. The second-order valence-electron chi connectivity index (χ2n) is 5.69. The van der Waals surface area contributed by atoms with Gasteiger partial charge in [-0.15, -0.1) is 0 Å². The van der Waals surface area contributed by atoms with Gasteiger partial charge in [-0.3, -0.25) is 9.69 Å². The SMILES string of the molecule is COC(=O)C1=C(C)N(c2cccc(Br)c2)C(=O)/C1=C\c1cccc(F)c1. The first kappa shape index (κ1) is 18.1. The fourth-order valence-electron chi connectivity index (χ4n) is 2.87. The van der Waals surface area contributed by atoms with Crippen molar-refractivity contribution in [3.63, 3.8) is 0 Å². The van der Waals surface area contributed by atoms with E-state index in [4.69, 9.17) is 4.74 Å². The fraction of sp³-hybridized carbons (Fsp3) is 0.100. The summed E-state index contributed by atoms with van der Waals surface area (Å²) in [6.45, 7) is 1.68. The number of carbonyl (C=O) groups excluding carboxylic acids is 2. The first-order valence-electron chi connectivity index (χ1n) is 7.79. The highest BCUT2D eigenvalue weighted by atomic mass is 79.9. The molecule has 4 nitrogen and oxygen atoms in total. The molecule has 0 radical (unpaired) electrons. The van der Waals surface area contributed by atoms with Gasteiger partial charge in [-0.05, 0) is 48.9 Å². The highest BCUT2D eigenvalue weighted by Gasteiger charge is 2.37. The van der Waals surface area contributed by atoms with Crippen molar-refractivity contribution in [1.82, 2.24) is 0 Å². The normalized spacial score (nSPS) is 15.8. The molecule has 0 unspecified atom stereocenters. The van der Waals surface area contributed by atoms with Gasteiger partial charge in [-0.25, -0.2) is 9.18 Å². The van der Waals surface area contributed by atoms with E-state index in [1.54, 1.807) is 37.3 Å². The molecule has 2 aromatic rings. The molecule has 1 heterocycles. The van der Waals surface area contributed by atoms with Gasteiger partial charge in [0.15, 0.2) is 0 Å². The Kier molecular flexibility index (Phi) is 5.04. The minimum absolute atomic E-state index is 0.167. The van der Waals surface area contributed by atoms with Crippen molar-refractivity contribution in [3.05, 3.63) is 81.2 Å². The Balaban J connectivity index is 2.15. The van der Waals surface area contributed by atoms with E-state index in [1.165, 1.54) is 30.2 Å². The van der Waals surface area contributed by atoms with Crippen molar-refractivity contribution >= 4 is 39.6 Å². The Bertz CT molecular complexity index is 965. The minimum Gasteiger partial charge on any atom is -0.465 e. The molecule has 3 rings (SSSR count). The highest BCUT2D eigenvalue weighted by molar-refractivity contribution is 9.10. The molecule has 0 spiro atoms. The molecule has 6 heteroatoms. The van der Waals surface area contributed by atoms with E-state index in [2.05, 4.69) is 15.9 Å². The number of allylic oxidation sites excluding steroid dienone is 1. The highest BCUT2D eigenvalue weighted by Crippen LogP contribution is 2.36. The Labute approximate surface area is 158 Å². The lowest BCUT2D eigenvalue weighted by Gasteiger charge is -2.18. The Morgan fingerprint density at radius 1 is 1.19 bits per heavy atom. The Morgan fingerprint density at radius 3 is 2.58 bits per heavy atom. The van der Waals surface area contributed by atoms with E-state index in [9.17, 15) is 14.0 Å². The summed E-state index contributed by atoms with van der Waals surface area (Å²) in [5.74, 6) is -1.41. The summed E-state index contributed by atoms with van der Waals surface area (Å²) in [7, 11) is 1.26. The third-order valence-electron chi connectivity index (χ3n) is 4.02. The van der Waals surface area contributed by atoms with Crippen LogP contribution in [0, 0.1) is 5.82 Å². The minimum atomic E-state index is -0.615. The summed E-state index contributed by atoms with van der Waals surface area (Å²) in [5, 5.41) is 0. The quantitative estimate of drug-likeness (QED) is 0.548. The summed E-state index contributed by atoms with van der Waals surface area (Å²) in [6, 6.07) is 13.0. The van der Waals surface area contributed by atoms with Crippen LogP contribution in [0.5, 0.6) is 0 Å². The second kappa shape index (κ2) is 7.25. The third-order valence-corrected chi connectivity index (χ3v) is 4.51. The van der Waals surface area contributed by atoms with Crippen LogP contribution < -0.4 is 4.90 Å². The molecule has 0 aromatic heterocycles. The van der Waals surface area contributed by atoms with E-state index in [-0.39, 0.29) is 17.1 Å². The second-order valence-corrected chi connectivity index (χ2v) is 6.60. The maximum absolute atomic E-state index is 13.5. The van der Waals surface area contributed by atoms with Crippen molar-refractivity contribution in [2.75, 3.05) is 12.0 Å². The number of amides is 1. The number of benzene rings is 2. The van der Waals surface area contributed by atoms with Crippen LogP contribution >= 0.6 is 15.9 Å². The smallest absolute Gasteiger partial charge is 0.340 e. The molecule has 0 atom stereocenters. The molecular weight excluding hydrogens is 401 g/mol. The summed E-state index contributed by atoms with van der Waals surface area (Å²) in [6.07, 6.45) is 1.50. The first-order valence-corrected chi connectivity index (χ1v) is 8.58. The molecule has 0 fully saturated rings. The summed E-state index contributed by atoms with van der Waals surface area (Å²) in [5.41, 5.74) is 1.90. The number of anilines is 1. The molecule has 0 aliphatic carbocycles. The molecule has 1 aliphatic rings. The molecule has 0 saturated heterocycles. The molecule has 2 aromatic carbocycles. The Hall–Kier alpha value is -2.73. The lowest BCUT2D eigenvalue weighted by molar-refractivity contribution is -0.136. The number of halogens is 2. The Morgan fingerprint density at radius 2 is 1.92 bits per heavy atom. The van der Waals surface area contributed by atoms with Crippen molar-refractivity contribution in [1.29, 1.82) is 0 Å². The van der Waals surface area contributed by atoms with Gasteiger partial charge in [-0.2, -0.15) is 0 Å². The zero-order valence-electron chi connectivity index (χ0n) is 14.1. The molecule has 1 aliphatic heterocycles. The zero-order chi connectivity index (χ0) is 18.8. The summed E-state index contributed by atoms with van der Waals surface area (Å²) in [4.78, 5) is 26.8. The van der Waals surface area contributed by atoms with Crippen molar-refractivity contribution in [3.8, 4) is 0 Å². The van der Waals surface area contributed by atoms with Crippen LogP contribution in [-0.2, 0) is 14.3 Å². The van der Waals surface area contributed by atoms with Crippen LogP contribution in [0.3, 0.4) is 0 Å². The average Bonchev–Trinajstić information content (AvgIpc) is 2.84. The van der Waals surface area contributed by atoms with Crippen molar-refractivity contribution in [2.45, 2.75) is 6.92 Å². The molecule has 26 heavy (non-hydrogen) atoms. The van der Waals surface area contributed by atoms with E-state index in [1.807, 2.05) is 6.07 Å². The number of rotatable bonds is 3. The standard InChI is InChI=1S/C20H15BrFNO3/c1-12-18(20(25)26-2)17(10-13-5-3-7-15(22)9-13)19(24)23(12)16-8-4-6-14(21)11-16/h3-11H,1-2H3/b17-10-. The number of methoxy groups -OCH3 is 1. The van der Waals surface area contributed by atoms with E-state index < -0.39 is 11.8 Å². The number of ether oxygens (including phenoxy) is 1. The van der Waals surface area contributed by atoms with Gasteiger partial charge < -0.3 is 4.74 Å². The molecule has 0 N–H and O–H groups in total. The lowest BCUT2D eigenvalue weighted by Crippen LogP contribution is -2.24. The van der Waals surface area contributed by atoms with Gasteiger partial charge in [0, 0.05) is 10.2 Å². The van der Waals surface area contributed by atoms with Crippen molar-refractivity contribution in [2.24, 2.45) is 0 Å². The largest absolute Gasteiger partial charge is 0.465 e. The zero-order valence-corrected chi connectivity index (χ0v) is 15.7. The van der Waals surface area contributed by atoms with E-state index >= 15 is 0 Å². The van der Waals surface area contributed by atoms with Crippen LogP contribution in [0.2, 0.25) is 0 Å². The molecule has 1 amide bonds. The van der Waals surface area contributed by atoms with Crippen LogP contribution in [0.25, 0.3) is 6.08 Å². The number of hydrogen-bond acceptors (Lipinski definition) is 3. The number of esters is 1. The van der Waals surface area contributed by atoms with E-state index in [0.717, 1.165) is 4.47 Å². The summed E-state index contributed by atoms with van der Waals surface area (Å²) < 4.78 is 19.1. The molecule has 0 saturated carbocycles. The topological polar surface area (TPSA) is 46.6 Å². The monoisotopic (exact) mass is 415 g/mol. The maximum Gasteiger partial charge on any atom is 0.340 e. The predicted molar refractivity (Wildman–Crippen MR) is 101 cm³/mol. The summed E-state index contributed by atoms with van der Waals surface area (Å²) >= 11 is 3.38. The molecular formula is C20H15BrFNO3. The van der Waals surface area contributed by atoms with Gasteiger partial charge >= 0.3 is 5.97 Å². The number of hydrogen-bond donors (Lipinski definition) is 0. The first-order chi connectivity index (χ1) is 12.4. The van der Waals surface area contributed by atoms with E-state index in [0.29, 0.717) is 16.9 Å². The third kappa shape index (κ3) is 3.32. The van der Waals surface area contributed by atoms with Crippen LogP contribution in [0.15, 0.2) is 69.8 Å². The van der Waals surface area contributed by atoms with Gasteiger partial charge in [0.05, 0.1) is 23.9 Å². The lowest BCUT2D eigenvalue weighted by atomic mass is 10.0. The average molecular weight is 416 g/mol. The van der Waals surface area contributed by atoms with Crippen molar-refractivity contribution < 1.29 is 18.7 Å². The number of carbonyl (C=O) groups is 2. The fourth-order valence-corrected chi connectivity index (χ4v) is 3.26.